The molecular weight excluding hydrogens is 727 g/mol. The van der Waals surface area contributed by atoms with E-state index in [-0.39, 0.29) is 0 Å². The van der Waals surface area contributed by atoms with Gasteiger partial charge in [-0.2, -0.15) is 0 Å². The maximum Gasteiger partial charge on any atom is 0.121 e. The van der Waals surface area contributed by atoms with Gasteiger partial charge >= 0.3 is 0 Å². The van der Waals surface area contributed by atoms with E-state index >= 15 is 0 Å². The van der Waals surface area contributed by atoms with Crippen LogP contribution in [0.15, 0.2) is 218 Å². The van der Waals surface area contributed by atoms with Gasteiger partial charge in [-0.25, -0.2) is 0 Å². The van der Waals surface area contributed by atoms with E-state index in [1.54, 1.807) is 0 Å². The van der Waals surface area contributed by atoms with E-state index in [4.69, 9.17) is 0 Å². The molecule has 264 valence electrons. The fourth-order valence-corrected chi connectivity index (χ4v) is 10.3. The number of hydrogen-bond donors (Lipinski definition) is 0. The van der Waals surface area contributed by atoms with Gasteiger partial charge in [0.2, 0.25) is 0 Å². The molecule has 0 bridgehead atoms. The van der Waals surface area contributed by atoms with Crippen LogP contribution in [0.1, 0.15) is 14.6 Å². The number of para-hydroxylation sites is 6. The minimum absolute atomic E-state index is 1.13. The highest BCUT2D eigenvalue weighted by Crippen LogP contribution is 2.50. The highest BCUT2D eigenvalue weighted by atomic mass is 32.1. The third kappa shape index (κ3) is 7.31. The highest BCUT2D eigenvalue weighted by molar-refractivity contribution is 7.20. The maximum absolute atomic E-state index is 2.35. The molecule has 0 radical (unpaired) electrons. The normalized spacial score (nSPS) is 10.9. The zero-order valence-corrected chi connectivity index (χ0v) is 32.3. The zero-order chi connectivity index (χ0) is 36.8. The summed E-state index contributed by atoms with van der Waals surface area (Å²) in [4.78, 5) is 10.7. The Morgan fingerprint density at radius 2 is 0.436 bits per heavy atom. The summed E-state index contributed by atoms with van der Waals surface area (Å²) in [6, 6.07) is 77.5. The topological polar surface area (TPSA) is 9.72 Å². The van der Waals surface area contributed by atoms with Crippen LogP contribution in [-0.2, 0) is 0 Å². The van der Waals surface area contributed by atoms with Crippen LogP contribution in [0.4, 0.5) is 49.1 Å². The third-order valence-electron chi connectivity index (χ3n) is 9.26. The van der Waals surface area contributed by atoms with Gasteiger partial charge in [0.25, 0.3) is 0 Å². The lowest BCUT2D eigenvalue weighted by Crippen LogP contribution is -2.08. The summed E-state index contributed by atoms with van der Waals surface area (Å²) in [5.74, 6) is 1.23. The Labute approximate surface area is 334 Å². The molecule has 0 atom stereocenters. The second-order valence-electron chi connectivity index (χ2n) is 12.8. The van der Waals surface area contributed by atoms with Crippen LogP contribution in [0, 0.1) is 5.92 Å². The molecule has 0 N–H and O–H groups in total. The standard InChI is InChI=1S/C49H36N3S3/c1-7-19-37(20-8-1)50(38-21-9-2-10-22-38)46-34-31-43(53-46)49(44-32-35-47(54-44)51(39-23-11-3-12-24-39)40-25-13-4-14-26-40)45-33-36-48(55-45)52(41-27-15-5-16-28-41)42-29-17-6-18-30-42/h1-36H/q+1. The van der Waals surface area contributed by atoms with Gasteiger partial charge in [0, 0.05) is 70.5 Å². The lowest BCUT2D eigenvalue weighted by Gasteiger charge is -2.23. The molecule has 0 fully saturated rings. The predicted octanol–water partition coefficient (Wildman–Crippen LogP) is 15.3. The van der Waals surface area contributed by atoms with Crippen LogP contribution in [0.5, 0.6) is 0 Å². The largest absolute Gasteiger partial charge is 0.301 e. The Morgan fingerprint density at radius 1 is 0.236 bits per heavy atom. The van der Waals surface area contributed by atoms with Crippen LogP contribution in [0.2, 0.25) is 0 Å². The van der Waals surface area contributed by atoms with Crippen molar-refractivity contribution in [2.24, 2.45) is 0 Å². The molecule has 0 unspecified atom stereocenters. The highest BCUT2D eigenvalue weighted by Gasteiger charge is 2.32. The Balaban J connectivity index is 1.18. The molecule has 3 heterocycles. The Morgan fingerprint density at radius 3 is 0.636 bits per heavy atom. The summed E-state index contributed by atoms with van der Waals surface area (Å²) in [6.45, 7) is 0. The van der Waals surface area contributed by atoms with E-state index in [0.717, 1.165) is 49.1 Å². The van der Waals surface area contributed by atoms with E-state index in [1.165, 1.54) is 20.5 Å². The van der Waals surface area contributed by atoms with E-state index in [1.807, 2.05) is 34.0 Å². The first-order chi connectivity index (χ1) is 27.3. The lowest BCUT2D eigenvalue weighted by atomic mass is 10.0. The fraction of sp³-hybridized carbons (Fsp3) is 0. The summed E-state index contributed by atoms with van der Waals surface area (Å²) in [5, 5.41) is 3.47. The number of benzene rings is 6. The predicted molar refractivity (Wildman–Crippen MR) is 238 cm³/mol. The first kappa shape index (κ1) is 34.5. The smallest absolute Gasteiger partial charge is 0.121 e. The lowest BCUT2D eigenvalue weighted by molar-refractivity contribution is 1.32. The van der Waals surface area contributed by atoms with Crippen LogP contribution >= 0.6 is 34.0 Å². The molecule has 0 saturated carbocycles. The molecule has 0 aliphatic heterocycles. The number of nitrogens with zero attached hydrogens (tertiary/aromatic N) is 3. The van der Waals surface area contributed by atoms with Crippen molar-refractivity contribution in [2.45, 2.75) is 0 Å². The summed E-state index contributed by atoms with van der Waals surface area (Å²) < 4.78 is 0. The maximum atomic E-state index is 2.35. The molecule has 0 spiro atoms. The number of rotatable bonds is 12. The molecular formula is C49H36N3S3+. The van der Waals surface area contributed by atoms with Crippen LogP contribution in [0.25, 0.3) is 0 Å². The summed E-state index contributed by atoms with van der Waals surface area (Å²) in [5.41, 5.74) is 6.77. The number of anilines is 9. The molecule has 9 rings (SSSR count). The van der Waals surface area contributed by atoms with E-state index < -0.39 is 0 Å². The molecule has 0 aliphatic rings. The van der Waals surface area contributed by atoms with Crippen molar-refractivity contribution >= 4 is 83.1 Å². The van der Waals surface area contributed by atoms with Crippen molar-refractivity contribution in [1.29, 1.82) is 0 Å². The minimum Gasteiger partial charge on any atom is -0.301 e. The van der Waals surface area contributed by atoms with Crippen molar-refractivity contribution in [3.8, 4) is 0 Å². The fourth-order valence-electron chi connectivity index (χ4n) is 6.78. The summed E-state index contributed by atoms with van der Waals surface area (Å²) in [7, 11) is 0. The molecule has 0 aliphatic carbocycles. The van der Waals surface area contributed by atoms with Crippen molar-refractivity contribution in [1.82, 2.24) is 0 Å². The van der Waals surface area contributed by atoms with Gasteiger partial charge in [-0.15, -0.1) is 0 Å². The van der Waals surface area contributed by atoms with Crippen LogP contribution in [-0.4, -0.2) is 0 Å². The Bertz CT molecular complexity index is 2140. The van der Waals surface area contributed by atoms with E-state index in [0.29, 0.717) is 0 Å². The average molecular weight is 763 g/mol. The molecule has 0 amide bonds. The van der Waals surface area contributed by atoms with Crippen molar-refractivity contribution in [2.75, 3.05) is 14.7 Å². The molecule has 0 saturated heterocycles. The van der Waals surface area contributed by atoms with Crippen molar-refractivity contribution in [3.05, 3.63) is 239 Å². The van der Waals surface area contributed by atoms with Gasteiger partial charge in [-0.3, -0.25) is 0 Å². The third-order valence-corrected chi connectivity index (χ3v) is 12.5. The van der Waals surface area contributed by atoms with Gasteiger partial charge in [-0.1, -0.05) is 143 Å². The molecule has 55 heavy (non-hydrogen) atoms. The Hall–Kier alpha value is -6.31. The van der Waals surface area contributed by atoms with E-state index in [9.17, 15) is 0 Å². The van der Waals surface area contributed by atoms with Gasteiger partial charge < -0.3 is 14.7 Å². The molecule has 3 aromatic heterocycles. The van der Waals surface area contributed by atoms with Gasteiger partial charge in [0.15, 0.2) is 0 Å². The molecule has 3 nitrogen and oxygen atoms in total. The molecule has 9 aromatic rings. The zero-order valence-electron chi connectivity index (χ0n) is 29.9. The van der Waals surface area contributed by atoms with Gasteiger partial charge in [0.1, 0.15) is 35.6 Å². The average Bonchev–Trinajstić information content (AvgIpc) is 4.05. The first-order valence-corrected chi connectivity index (χ1v) is 20.6. The van der Waals surface area contributed by atoms with Crippen LogP contribution in [0.3, 0.4) is 0 Å². The number of thiophene rings is 3. The molecule has 6 heteroatoms. The monoisotopic (exact) mass is 762 g/mol. The minimum atomic E-state index is 1.13. The Kier molecular flexibility index (Phi) is 10.0. The molecule has 6 aromatic carbocycles. The van der Waals surface area contributed by atoms with Gasteiger partial charge in [0.05, 0.1) is 0 Å². The van der Waals surface area contributed by atoms with Crippen LogP contribution < -0.4 is 14.7 Å². The summed E-state index contributed by atoms with van der Waals surface area (Å²) in [6.07, 6.45) is 0. The number of hydrogen-bond acceptors (Lipinski definition) is 6. The van der Waals surface area contributed by atoms with E-state index in [2.05, 4.69) is 233 Å². The van der Waals surface area contributed by atoms with Crippen molar-refractivity contribution < 1.29 is 0 Å². The quantitative estimate of drug-likeness (QED) is 0.115. The second kappa shape index (κ2) is 16.0. The second-order valence-corrected chi connectivity index (χ2v) is 16.0. The SMILES string of the molecule is c1ccc(N(c2ccccc2)c2ccc([C+](c3ccc(N(c4ccccc4)c4ccccc4)s3)c3ccc(N(c4ccccc4)c4ccccc4)s3)s2)cc1. The summed E-state index contributed by atoms with van der Waals surface area (Å²) >= 11 is 5.47. The first-order valence-electron chi connectivity index (χ1n) is 18.2. The van der Waals surface area contributed by atoms with Crippen molar-refractivity contribution in [3.63, 3.8) is 0 Å². The van der Waals surface area contributed by atoms with Gasteiger partial charge in [-0.05, 0) is 72.8 Å².